The van der Waals surface area contributed by atoms with Gasteiger partial charge in [-0.15, -0.1) is 0 Å². The Morgan fingerprint density at radius 3 is 2.42 bits per heavy atom. The number of aryl methyl sites for hydroxylation is 1. The molecule has 0 aliphatic carbocycles. The van der Waals surface area contributed by atoms with Crippen molar-refractivity contribution in [3.63, 3.8) is 0 Å². The number of amides is 1. The number of carbonyl (C=O) groups is 1. The molecule has 5 heteroatoms. The highest BCUT2D eigenvalue weighted by Gasteiger charge is 2.20. The van der Waals surface area contributed by atoms with E-state index in [1.165, 1.54) is 5.56 Å². The molecule has 0 heterocycles. The molecule has 0 aliphatic rings. The highest BCUT2D eigenvalue weighted by molar-refractivity contribution is 5.81. The number of hydrogen-bond acceptors (Lipinski definition) is 4. The number of carbonyl (C=O) groups excluding carboxylic acids is 1. The minimum absolute atomic E-state index is 0.133. The first-order chi connectivity index (χ1) is 12.5. The van der Waals surface area contributed by atoms with E-state index in [4.69, 9.17) is 14.2 Å². The van der Waals surface area contributed by atoms with Gasteiger partial charge in [0.1, 0.15) is 23.9 Å². The fourth-order valence-corrected chi connectivity index (χ4v) is 2.39. The average molecular weight is 357 g/mol. The summed E-state index contributed by atoms with van der Waals surface area (Å²) in [6, 6.07) is 14.9. The molecule has 0 saturated heterocycles. The summed E-state index contributed by atoms with van der Waals surface area (Å²) < 4.78 is 16.7. The quantitative estimate of drug-likeness (QED) is 0.743. The van der Waals surface area contributed by atoms with Crippen molar-refractivity contribution < 1.29 is 19.0 Å². The molecule has 1 amide bonds. The highest BCUT2D eigenvalue weighted by atomic mass is 16.5. The second-order valence-electron chi connectivity index (χ2n) is 6.23. The van der Waals surface area contributed by atoms with E-state index in [-0.39, 0.29) is 11.9 Å². The lowest BCUT2D eigenvalue weighted by atomic mass is 10.2. The van der Waals surface area contributed by atoms with E-state index in [9.17, 15) is 4.79 Å². The lowest BCUT2D eigenvalue weighted by molar-refractivity contribution is -0.128. The van der Waals surface area contributed by atoms with Crippen LogP contribution in [0.4, 0.5) is 0 Å². The van der Waals surface area contributed by atoms with Gasteiger partial charge in [-0.05, 0) is 44.5 Å². The van der Waals surface area contributed by atoms with E-state index in [0.29, 0.717) is 24.5 Å². The second kappa shape index (κ2) is 9.70. The SMILES string of the molecule is CC[C@H](Oc1cccc(OC)c1)C(=O)N[C@H](C)COc1ccc(C)cc1. The monoisotopic (exact) mass is 357 g/mol. The molecule has 0 aromatic heterocycles. The molecule has 0 saturated carbocycles. The van der Waals surface area contributed by atoms with Crippen LogP contribution in [0.2, 0.25) is 0 Å². The average Bonchev–Trinajstić information content (AvgIpc) is 2.65. The Kier molecular flexibility index (Phi) is 7.33. The van der Waals surface area contributed by atoms with Crippen LogP contribution in [-0.2, 0) is 4.79 Å². The fraction of sp³-hybridized carbons (Fsp3) is 0.381. The van der Waals surface area contributed by atoms with Gasteiger partial charge >= 0.3 is 0 Å². The van der Waals surface area contributed by atoms with Crippen LogP contribution in [0.25, 0.3) is 0 Å². The van der Waals surface area contributed by atoms with Crippen LogP contribution in [0.1, 0.15) is 25.8 Å². The van der Waals surface area contributed by atoms with Crippen LogP contribution in [0.15, 0.2) is 48.5 Å². The Balaban J connectivity index is 1.85. The smallest absolute Gasteiger partial charge is 0.261 e. The van der Waals surface area contributed by atoms with E-state index < -0.39 is 6.10 Å². The van der Waals surface area contributed by atoms with Crippen molar-refractivity contribution in [2.75, 3.05) is 13.7 Å². The summed E-state index contributed by atoms with van der Waals surface area (Å²) in [7, 11) is 1.60. The standard InChI is InChI=1S/C21H27NO4/c1-5-20(26-19-8-6-7-18(13-19)24-4)21(23)22-16(3)14-25-17-11-9-15(2)10-12-17/h6-13,16,20H,5,14H2,1-4H3,(H,22,23)/t16-,20+/m1/s1. The van der Waals surface area contributed by atoms with Gasteiger partial charge in [-0.25, -0.2) is 0 Å². The van der Waals surface area contributed by atoms with Gasteiger partial charge in [0, 0.05) is 6.07 Å². The molecular weight excluding hydrogens is 330 g/mol. The summed E-state index contributed by atoms with van der Waals surface area (Å²) >= 11 is 0. The van der Waals surface area contributed by atoms with Crippen molar-refractivity contribution >= 4 is 5.91 Å². The van der Waals surface area contributed by atoms with E-state index in [0.717, 1.165) is 5.75 Å². The number of hydrogen-bond donors (Lipinski definition) is 1. The summed E-state index contributed by atoms with van der Waals surface area (Å²) in [5, 5.41) is 2.94. The maximum absolute atomic E-state index is 12.5. The highest BCUT2D eigenvalue weighted by Crippen LogP contribution is 2.20. The zero-order valence-electron chi connectivity index (χ0n) is 15.8. The van der Waals surface area contributed by atoms with E-state index in [1.807, 2.05) is 63.2 Å². The van der Waals surface area contributed by atoms with Crippen molar-refractivity contribution in [1.29, 1.82) is 0 Å². The molecule has 26 heavy (non-hydrogen) atoms. The van der Waals surface area contributed by atoms with Gasteiger partial charge in [-0.1, -0.05) is 30.7 Å². The van der Waals surface area contributed by atoms with Crippen LogP contribution in [0, 0.1) is 6.92 Å². The number of nitrogens with one attached hydrogen (secondary N) is 1. The largest absolute Gasteiger partial charge is 0.497 e. The van der Waals surface area contributed by atoms with Crippen LogP contribution >= 0.6 is 0 Å². The van der Waals surface area contributed by atoms with Gasteiger partial charge in [-0.3, -0.25) is 4.79 Å². The Hall–Kier alpha value is -2.69. The van der Waals surface area contributed by atoms with Gasteiger partial charge in [0.2, 0.25) is 0 Å². The van der Waals surface area contributed by atoms with Gasteiger partial charge in [0.25, 0.3) is 5.91 Å². The van der Waals surface area contributed by atoms with E-state index in [2.05, 4.69) is 5.32 Å². The van der Waals surface area contributed by atoms with Crippen molar-refractivity contribution in [2.45, 2.75) is 39.3 Å². The number of rotatable bonds is 9. The summed E-state index contributed by atoms with van der Waals surface area (Å²) in [4.78, 5) is 12.5. The minimum atomic E-state index is -0.566. The van der Waals surface area contributed by atoms with Gasteiger partial charge in [0.15, 0.2) is 6.10 Å². The zero-order chi connectivity index (χ0) is 18.9. The Morgan fingerprint density at radius 2 is 1.77 bits per heavy atom. The second-order valence-corrected chi connectivity index (χ2v) is 6.23. The van der Waals surface area contributed by atoms with Crippen LogP contribution < -0.4 is 19.5 Å². The van der Waals surface area contributed by atoms with Crippen molar-refractivity contribution in [3.8, 4) is 17.2 Å². The van der Waals surface area contributed by atoms with Gasteiger partial charge in [-0.2, -0.15) is 0 Å². The normalized spacial score (nSPS) is 12.8. The van der Waals surface area contributed by atoms with E-state index >= 15 is 0 Å². The van der Waals surface area contributed by atoms with Crippen molar-refractivity contribution in [2.24, 2.45) is 0 Å². The third-order valence-electron chi connectivity index (χ3n) is 3.89. The van der Waals surface area contributed by atoms with Crippen LogP contribution in [-0.4, -0.2) is 31.8 Å². The fourth-order valence-electron chi connectivity index (χ4n) is 2.39. The molecule has 5 nitrogen and oxygen atoms in total. The summed E-state index contributed by atoms with van der Waals surface area (Å²) in [6.45, 7) is 6.24. The molecule has 0 radical (unpaired) electrons. The molecule has 1 N–H and O–H groups in total. The Bertz CT molecular complexity index is 699. The van der Waals surface area contributed by atoms with Gasteiger partial charge < -0.3 is 19.5 Å². The number of benzene rings is 2. The molecule has 0 unspecified atom stereocenters. The first-order valence-corrected chi connectivity index (χ1v) is 8.82. The summed E-state index contributed by atoms with van der Waals surface area (Å²) in [5.74, 6) is 1.93. The lowest BCUT2D eigenvalue weighted by Crippen LogP contribution is -2.44. The zero-order valence-corrected chi connectivity index (χ0v) is 15.8. The lowest BCUT2D eigenvalue weighted by Gasteiger charge is -2.21. The summed E-state index contributed by atoms with van der Waals surface area (Å²) in [5.41, 5.74) is 1.18. The molecule has 0 bridgehead atoms. The molecule has 0 fully saturated rings. The van der Waals surface area contributed by atoms with E-state index in [1.54, 1.807) is 13.2 Å². The third-order valence-corrected chi connectivity index (χ3v) is 3.89. The molecule has 2 aromatic carbocycles. The van der Waals surface area contributed by atoms with Crippen molar-refractivity contribution in [3.05, 3.63) is 54.1 Å². The first kappa shape index (κ1) is 19.6. The molecule has 2 rings (SSSR count). The van der Waals surface area contributed by atoms with Crippen LogP contribution in [0.5, 0.6) is 17.2 Å². The molecule has 2 atom stereocenters. The minimum Gasteiger partial charge on any atom is -0.497 e. The predicted molar refractivity (Wildman–Crippen MR) is 102 cm³/mol. The summed E-state index contributed by atoms with van der Waals surface area (Å²) in [6.07, 6.45) is -0.00173. The molecule has 0 spiro atoms. The Labute approximate surface area is 155 Å². The first-order valence-electron chi connectivity index (χ1n) is 8.82. The third kappa shape index (κ3) is 5.99. The predicted octanol–water partition coefficient (Wildman–Crippen LogP) is 3.74. The number of ether oxygens (including phenoxy) is 3. The molecule has 140 valence electrons. The molecule has 2 aromatic rings. The van der Waals surface area contributed by atoms with Gasteiger partial charge in [0.05, 0.1) is 13.2 Å². The number of methoxy groups -OCH3 is 1. The Morgan fingerprint density at radius 1 is 1.08 bits per heavy atom. The molecular formula is C21H27NO4. The maximum Gasteiger partial charge on any atom is 0.261 e. The molecule has 0 aliphatic heterocycles. The maximum atomic E-state index is 12.5. The topological polar surface area (TPSA) is 56.8 Å². The van der Waals surface area contributed by atoms with Crippen molar-refractivity contribution in [1.82, 2.24) is 5.32 Å². The van der Waals surface area contributed by atoms with Crippen LogP contribution in [0.3, 0.4) is 0 Å².